The van der Waals surface area contributed by atoms with Crippen molar-refractivity contribution in [3.8, 4) is 0 Å². The normalized spacial score (nSPS) is 11.3. The van der Waals surface area contributed by atoms with Gasteiger partial charge >= 0.3 is 0 Å². The molecule has 0 saturated carbocycles. The van der Waals surface area contributed by atoms with Gasteiger partial charge in [-0.15, -0.1) is 5.10 Å². The summed E-state index contributed by atoms with van der Waals surface area (Å²) in [6.07, 6.45) is 1.05. The van der Waals surface area contributed by atoms with Crippen LogP contribution in [0.25, 0.3) is 21.9 Å². The van der Waals surface area contributed by atoms with Crippen LogP contribution in [0.15, 0.2) is 27.8 Å². The maximum atomic E-state index is 12.4. The van der Waals surface area contributed by atoms with Gasteiger partial charge in [-0.3, -0.25) is 14.7 Å². The standard InChI is InChI=1S/C14H15N5O2/c1-2-5-15-7-8-3-4-9-10(6-8)16-14(21)12-11(13(9)20)17-19-18-12/h3-4,6,15H,2,5,7H2,1H3,(H,16,21)(H,17,18,19). The smallest absolute Gasteiger partial charge is 0.278 e. The molecular formula is C14H15N5O2. The highest BCUT2D eigenvalue weighted by Gasteiger charge is 2.09. The molecule has 3 N–H and O–H groups in total. The van der Waals surface area contributed by atoms with Crippen LogP contribution < -0.4 is 16.3 Å². The lowest BCUT2D eigenvalue weighted by molar-refractivity contribution is 0.676. The van der Waals surface area contributed by atoms with E-state index in [-0.39, 0.29) is 16.5 Å². The van der Waals surface area contributed by atoms with Gasteiger partial charge in [-0.05, 0) is 30.7 Å². The third-order valence-electron chi connectivity index (χ3n) is 3.32. The summed E-state index contributed by atoms with van der Waals surface area (Å²) in [6.45, 7) is 3.70. The first-order valence-corrected chi connectivity index (χ1v) is 6.81. The number of nitrogens with zero attached hydrogens (tertiary/aromatic N) is 2. The maximum Gasteiger partial charge on any atom is 0.278 e. The average molecular weight is 285 g/mol. The second-order valence-corrected chi connectivity index (χ2v) is 4.88. The third-order valence-corrected chi connectivity index (χ3v) is 3.32. The van der Waals surface area contributed by atoms with Crippen molar-refractivity contribution in [2.24, 2.45) is 0 Å². The molecule has 0 amide bonds. The highest BCUT2D eigenvalue weighted by atomic mass is 16.1. The van der Waals surface area contributed by atoms with Gasteiger partial charge in [0.15, 0.2) is 5.52 Å². The van der Waals surface area contributed by atoms with Crippen LogP contribution >= 0.6 is 0 Å². The lowest BCUT2D eigenvalue weighted by atomic mass is 10.1. The van der Waals surface area contributed by atoms with Crippen LogP contribution in [-0.4, -0.2) is 26.9 Å². The van der Waals surface area contributed by atoms with Gasteiger partial charge in [-0.2, -0.15) is 0 Å². The largest absolute Gasteiger partial charge is 0.320 e. The predicted molar refractivity (Wildman–Crippen MR) is 80.3 cm³/mol. The van der Waals surface area contributed by atoms with Crippen LogP contribution in [0.2, 0.25) is 0 Å². The van der Waals surface area contributed by atoms with Crippen molar-refractivity contribution in [3.63, 3.8) is 0 Å². The fourth-order valence-electron chi connectivity index (χ4n) is 2.27. The van der Waals surface area contributed by atoms with Crippen molar-refractivity contribution in [1.29, 1.82) is 0 Å². The van der Waals surface area contributed by atoms with E-state index in [9.17, 15) is 9.59 Å². The molecule has 0 fully saturated rings. The summed E-state index contributed by atoms with van der Waals surface area (Å²) in [5.41, 5.74) is 0.963. The first kappa shape index (κ1) is 13.4. The number of H-pyrrole nitrogens is 2. The first-order chi connectivity index (χ1) is 10.2. The molecule has 0 spiro atoms. The van der Waals surface area contributed by atoms with Gasteiger partial charge < -0.3 is 10.3 Å². The summed E-state index contributed by atoms with van der Waals surface area (Å²) in [4.78, 5) is 27.1. The van der Waals surface area contributed by atoms with Crippen LogP contribution in [-0.2, 0) is 6.54 Å². The maximum absolute atomic E-state index is 12.4. The summed E-state index contributed by atoms with van der Waals surface area (Å²) < 4.78 is 0. The number of nitrogens with one attached hydrogen (secondary N) is 3. The lowest BCUT2D eigenvalue weighted by Crippen LogP contribution is -2.13. The number of hydrogen-bond acceptors (Lipinski definition) is 5. The molecule has 21 heavy (non-hydrogen) atoms. The molecule has 0 saturated heterocycles. The minimum absolute atomic E-state index is 0.0295. The second-order valence-electron chi connectivity index (χ2n) is 4.88. The van der Waals surface area contributed by atoms with Crippen LogP contribution in [0.5, 0.6) is 0 Å². The van der Waals surface area contributed by atoms with Crippen LogP contribution in [0.1, 0.15) is 18.9 Å². The SMILES string of the molecule is CCCNCc1ccc2c(=O)c3[nH]nnc3c(=O)[nH]c2c1. The molecule has 0 unspecified atom stereocenters. The Labute approximate surface area is 119 Å². The second kappa shape index (κ2) is 5.45. The Morgan fingerprint density at radius 2 is 2.14 bits per heavy atom. The predicted octanol–water partition coefficient (Wildman–Crippen LogP) is 0.659. The van der Waals surface area contributed by atoms with E-state index in [1.165, 1.54) is 0 Å². The van der Waals surface area contributed by atoms with E-state index in [0.717, 1.165) is 18.5 Å². The lowest BCUT2D eigenvalue weighted by Gasteiger charge is -2.03. The zero-order valence-corrected chi connectivity index (χ0v) is 11.6. The van der Waals surface area contributed by atoms with E-state index in [1.807, 2.05) is 12.1 Å². The topological polar surface area (TPSA) is 104 Å². The summed E-state index contributed by atoms with van der Waals surface area (Å²) in [6, 6.07) is 5.41. The van der Waals surface area contributed by atoms with E-state index in [2.05, 4.69) is 32.6 Å². The van der Waals surface area contributed by atoms with Crippen molar-refractivity contribution in [2.75, 3.05) is 6.54 Å². The summed E-state index contributed by atoms with van der Waals surface area (Å²) in [5, 5.41) is 13.4. The van der Waals surface area contributed by atoms with Crippen LogP contribution in [0.4, 0.5) is 0 Å². The van der Waals surface area contributed by atoms with Crippen molar-refractivity contribution >= 4 is 21.9 Å². The van der Waals surface area contributed by atoms with Crippen molar-refractivity contribution in [2.45, 2.75) is 19.9 Å². The fraction of sp³-hybridized carbons (Fsp3) is 0.286. The Kier molecular flexibility index (Phi) is 3.49. The van der Waals surface area contributed by atoms with Gasteiger partial charge in [-0.1, -0.05) is 18.2 Å². The Hall–Kier alpha value is -2.54. The molecule has 0 aliphatic rings. The number of fused-ring (bicyclic) bond motifs is 2. The molecule has 3 aromatic rings. The minimum Gasteiger partial charge on any atom is -0.320 e. The number of benzene rings is 1. The van der Waals surface area contributed by atoms with E-state index >= 15 is 0 Å². The monoisotopic (exact) mass is 285 g/mol. The number of aromatic nitrogens is 4. The Bertz CT molecular complexity index is 913. The number of rotatable bonds is 4. The van der Waals surface area contributed by atoms with Gasteiger partial charge in [0.05, 0.1) is 5.52 Å². The van der Waals surface area contributed by atoms with Gasteiger partial charge in [-0.25, -0.2) is 0 Å². The van der Waals surface area contributed by atoms with Gasteiger partial charge in [0.25, 0.3) is 5.56 Å². The highest BCUT2D eigenvalue weighted by molar-refractivity contribution is 5.86. The van der Waals surface area contributed by atoms with Gasteiger partial charge in [0.1, 0.15) is 5.52 Å². The van der Waals surface area contributed by atoms with E-state index in [0.29, 0.717) is 17.4 Å². The minimum atomic E-state index is -0.426. The van der Waals surface area contributed by atoms with Crippen LogP contribution in [0, 0.1) is 0 Å². The Balaban J connectivity index is 2.20. The van der Waals surface area contributed by atoms with E-state index < -0.39 is 5.56 Å². The fourth-order valence-corrected chi connectivity index (χ4v) is 2.27. The highest BCUT2D eigenvalue weighted by Crippen LogP contribution is 2.10. The molecule has 108 valence electrons. The Morgan fingerprint density at radius 3 is 2.95 bits per heavy atom. The van der Waals surface area contributed by atoms with Gasteiger partial charge in [0, 0.05) is 11.9 Å². The molecule has 2 heterocycles. The first-order valence-electron chi connectivity index (χ1n) is 6.81. The average Bonchev–Trinajstić information content (AvgIpc) is 2.93. The molecule has 0 aliphatic carbocycles. The van der Waals surface area contributed by atoms with Crippen molar-refractivity contribution in [1.82, 2.24) is 25.7 Å². The quantitative estimate of drug-likeness (QED) is 0.611. The molecule has 0 atom stereocenters. The van der Waals surface area contributed by atoms with E-state index in [4.69, 9.17) is 0 Å². The number of aromatic amines is 2. The molecule has 0 aliphatic heterocycles. The molecular weight excluding hydrogens is 270 g/mol. The Morgan fingerprint density at radius 1 is 1.29 bits per heavy atom. The summed E-state index contributed by atoms with van der Waals surface area (Å²) in [7, 11) is 0. The molecule has 0 radical (unpaired) electrons. The number of hydrogen-bond donors (Lipinski definition) is 3. The molecule has 7 heteroatoms. The van der Waals surface area contributed by atoms with Gasteiger partial charge in [0.2, 0.25) is 5.43 Å². The molecule has 1 aromatic carbocycles. The summed E-state index contributed by atoms with van der Waals surface area (Å²) >= 11 is 0. The zero-order chi connectivity index (χ0) is 14.8. The van der Waals surface area contributed by atoms with Crippen molar-refractivity contribution in [3.05, 3.63) is 44.3 Å². The van der Waals surface area contributed by atoms with Crippen molar-refractivity contribution < 1.29 is 0 Å². The zero-order valence-electron chi connectivity index (χ0n) is 11.6. The molecule has 3 rings (SSSR count). The molecule has 0 bridgehead atoms. The summed E-state index contributed by atoms with van der Waals surface area (Å²) in [5.74, 6) is 0. The molecule has 2 aromatic heterocycles. The van der Waals surface area contributed by atoms with E-state index in [1.54, 1.807) is 6.07 Å². The molecule has 7 nitrogen and oxygen atoms in total. The van der Waals surface area contributed by atoms with Crippen LogP contribution in [0.3, 0.4) is 0 Å². The third kappa shape index (κ3) is 2.43.